The first-order valence-electron chi connectivity index (χ1n) is 10.1. The zero-order chi connectivity index (χ0) is 20.6. The summed E-state index contributed by atoms with van der Waals surface area (Å²) in [5, 5.41) is 5.65. The number of para-hydroxylation sites is 1. The molecule has 1 aliphatic heterocycles. The number of nitrogens with zero attached hydrogens (tertiary/aromatic N) is 3. The standard InChI is InChI=1S/C17H9N2S.C9H8NO.Ir/c1-2-7-13-11(5-1)12-6-3-4-8-14(12)19-15-9-10-20-17(15)18-16(13)19;1-2-4-8(5-3-1)9-10-6-7-11-9;/h1-6,8-10H;1-4H,6-7H2;/q2*-1;. The van der Waals surface area contributed by atoms with Crippen LogP contribution in [0.25, 0.3) is 37.7 Å². The van der Waals surface area contributed by atoms with Crippen molar-refractivity contribution in [1.29, 1.82) is 0 Å². The van der Waals surface area contributed by atoms with Gasteiger partial charge in [-0.25, -0.2) is 0 Å². The fourth-order valence-corrected chi connectivity index (χ4v) is 4.73. The molecule has 0 bridgehead atoms. The largest absolute Gasteiger partial charge is 0.518 e. The number of rotatable bonds is 1. The molecule has 1 radical (unpaired) electrons. The molecule has 3 aromatic carbocycles. The monoisotopic (exact) mass is 612 g/mol. The topological polar surface area (TPSA) is 38.9 Å². The van der Waals surface area contributed by atoms with Gasteiger partial charge in [-0.05, 0) is 22.9 Å². The number of aliphatic imine (C=N–C) groups is 1. The van der Waals surface area contributed by atoms with E-state index in [4.69, 9.17) is 9.72 Å². The summed E-state index contributed by atoms with van der Waals surface area (Å²) in [6, 6.07) is 30.9. The summed E-state index contributed by atoms with van der Waals surface area (Å²) in [5.41, 5.74) is 4.34. The molecular weight excluding hydrogens is 595 g/mol. The average molecular weight is 612 g/mol. The van der Waals surface area contributed by atoms with Crippen molar-refractivity contribution < 1.29 is 24.8 Å². The molecule has 7 rings (SSSR count). The number of imidazole rings is 1. The molecule has 6 aromatic rings. The summed E-state index contributed by atoms with van der Waals surface area (Å²) in [6.45, 7) is 1.48. The molecule has 0 spiro atoms. The zero-order valence-corrected chi connectivity index (χ0v) is 20.1. The Morgan fingerprint density at radius 1 is 0.875 bits per heavy atom. The van der Waals surface area contributed by atoms with E-state index in [0.717, 1.165) is 33.9 Å². The molecule has 0 saturated carbocycles. The molecule has 0 saturated heterocycles. The Labute approximate surface area is 202 Å². The molecule has 4 heterocycles. The second-order valence-corrected chi connectivity index (χ2v) is 8.06. The summed E-state index contributed by atoms with van der Waals surface area (Å²) in [5.74, 6) is 0.727. The number of ether oxygens (including phenoxy) is 1. The van der Waals surface area contributed by atoms with Gasteiger partial charge >= 0.3 is 0 Å². The molecule has 1 aliphatic rings. The third-order valence-corrected chi connectivity index (χ3v) is 6.12. The number of hydrogen-bond donors (Lipinski definition) is 0. The van der Waals surface area contributed by atoms with Gasteiger partial charge in [0.1, 0.15) is 10.7 Å². The van der Waals surface area contributed by atoms with Gasteiger partial charge in [-0.3, -0.25) is 9.98 Å². The van der Waals surface area contributed by atoms with Crippen LogP contribution in [0.3, 0.4) is 0 Å². The van der Waals surface area contributed by atoms with Crippen LogP contribution in [0.1, 0.15) is 5.56 Å². The van der Waals surface area contributed by atoms with E-state index < -0.39 is 0 Å². The molecule has 0 unspecified atom stereocenters. The number of thiophene rings is 1. The third-order valence-electron chi connectivity index (χ3n) is 5.32. The van der Waals surface area contributed by atoms with Crippen LogP contribution >= 0.6 is 11.3 Å². The Hall–Kier alpha value is -3.05. The van der Waals surface area contributed by atoms with E-state index in [0.29, 0.717) is 6.61 Å². The minimum Gasteiger partial charge on any atom is -0.518 e. The number of hydrogen-bond acceptors (Lipinski definition) is 4. The molecule has 3 aromatic heterocycles. The minimum atomic E-state index is 0. The fraction of sp³-hybridized carbons (Fsp3) is 0.0769. The van der Waals surface area contributed by atoms with E-state index in [-0.39, 0.29) is 20.1 Å². The summed E-state index contributed by atoms with van der Waals surface area (Å²) < 4.78 is 7.51. The van der Waals surface area contributed by atoms with E-state index in [1.54, 1.807) is 11.3 Å². The van der Waals surface area contributed by atoms with Crippen LogP contribution in [-0.2, 0) is 24.8 Å². The molecular formula is C26H17IrN3OS-2. The number of fused-ring (bicyclic) bond motifs is 8. The van der Waals surface area contributed by atoms with Gasteiger partial charge < -0.3 is 9.14 Å². The van der Waals surface area contributed by atoms with E-state index in [1.807, 2.05) is 36.4 Å². The molecule has 0 aliphatic carbocycles. The molecule has 0 amide bonds. The minimum absolute atomic E-state index is 0. The van der Waals surface area contributed by atoms with Crippen molar-refractivity contribution in [2.45, 2.75) is 0 Å². The normalized spacial score (nSPS) is 12.9. The van der Waals surface area contributed by atoms with Crippen molar-refractivity contribution in [2.24, 2.45) is 4.99 Å². The summed E-state index contributed by atoms with van der Waals surface area (Å²) in [6.07, 6.45) is 0. The molecule has 159 valence electrons. The van der Waals surface area contributed by atoms with E-state index in [2.05, 4.69) is 63.3 Å². The van der Waals surface area contributed by atoms with Crippen LogP contribution in [0.5, 0.6) is 0 Å². The van der Waals surface area contributed by atoms with Gasteiger partial charge in [0, 0.05) is 25.6 Å². The van der Waals surface area contributed by atoms with Gasteiger partial charge in [0.2, 0.25) is 0 Å². The fourth-order valence-electron chi connectivity index (χ4n) is 3.99. The first kappa shape index (κ1) is 20.8. The third kappa shape index (κ3) is 3.51. The van der Waals surface area contributed by atoms with Crippen molar-refractivity contribution in [3.63, 3.8) is 0 Å². The Morgan fingerprint density at radius 3 is 2.56 bits per heavy atom. The molecule has 6 heteroatoms. The Morgan fingerprint density at radius 2 is 1.72 bits per heavy atom. The summed E-state index contributed by atoms with van der Waals surface area (Å²) >= 11 is 1.68. The van der Waals surface area contributed by atoms with Crippen molar-refractivity contribution in [3.8, 4) is 0 Å². The van der Waals surface area contributed by atoms with Gasteiger partial charge in [0.15, 0.2) is 0 Å². The van der Waals surface area contributed by atoms with Gasteiger partial charge in [0.05, 0.1) is 24.3 Å². The van der Waals surface area contributed by atoms with Crippen molar-refractivity contribution >= 4 is 54.9 Å². The van der Waals surface area contributed by atoms with Gasteiger partial charge in [0.25, 0.3) is 0 Å². The van der Waals surface area contributed by atoms with Crippen molar-refractivity contribution in [1.82, 2.24) is 9.38 Å². The molecule has 0 fully saturated rings. The number of pyridine rings is 1. The quantitative estimate of drug-likeness (QED) is 0.171. The predicted molar refractivity (Wildman–Crippen MR) is 127 cm³/mol. The van der Waals surface area contributed by atoms with E-state index in [1.165, 1.54) is 21.8 Å². The summed E-state index contributed by atoms with van der Waals surface area (Å²) in [4.78, 5) is 10.1. The van der Waals surface area contributed by atoms with Crippen LogP contribution in [0, 0.1) is 12.1 Å². The van der Waals surface area contributed by atoms with Gasteiger partial charge in [-0.1, -0.05) is 29.1 Å². The van der Waals surface area contributed by atoms with Crippen LogP contribution in [0.2, 0.25) is 0 Å². The van der Waals surface area contributed by atoms with Gasteiger partial charge in [-0.15, -0.1) is 71.3 Å². The maximum absolute atomic E-state index is 5.26. The van der Waals surface area contributed by atoms with Crippen LogP contribution < -0.4 is 0 Å². The van der Waals surface area contributed by atoms with Crippen LogP contribution in [0.15, 0.2) is 83.2 Å². The zero-order valence-electron chi connectivity index (χ0n) is 16.9. The SMILES string of the molecule is [Ir].[c-]1cccc2c1c1nc3sccc3n1c1ccccc21.[c-]1ccccc1C1=NCCO1. The maximum Gasteiger partial charge on any atom is 0.131 e. The predicted octanol–water partition coefficient (Wildman–Crippen LogP) is 5.92. The molecule has 0 atom stereocenters. The second kappa shape index (κ2) is 8.83. The van der Waals surface area contributed by atoms with E-state index >= 15 is 0 Å². The average Bonchev–Trinajstić information content (AvgIpc) is 3.58. The molecule has 4 nitrogen and oxygen atoms in total. The maximum atomic E-state index is 5.26. The summed E-state index contributed by atoms with van der Waals surface area (Å²) in [7, 11) is 0. The first-order valence-corrected chi connectivity index (χ1v) is 11.0. The van der Waals surface area contributed by atoms with Crippen molar-refractivity contribution in [2.75, 3.05) is 13.2 Å². The Balaban J connectivity index is 0.000000154. The molecule has 0 N–H and O–H groups in total. The van der Waals surface area contributed by atoms with Crippen molar-refractivity contribution in [3.05, 3.63) is 95.9 Å². The first-order chi connectivity index (χ1) is 15.4. The van der Waals surface area contributed by atoms with E-state index in [9.17, 15) is 0 Å². The second-order valence-electron chi connectivity index (χ2n) is 7.17. The van der Waals surface area contributed by atoms with Gasteiger partial charge in [-0.2, -0.15) is 0 Å². The molecule has 32 heavy (non-hydrogen) atoms. The number of benzene rings is 3. The Kier molecular flexibility index (Phi) is 5.75. The number of aromatic nitrogens is 2. The smallest absolute Gasteiger partial charge is 0.131 e. The Bertz CT molecular complexity index is 1530. The van der Waals surface area contributed by atoms with Crippen LogP contribution in [0.4, 0.5) is 0 Å². The van der Waals surface area contributed by atoms with Crippen LogP contribution in [-0.4, -0.2) is 28.4 Å².